The third-order valence-electron chi connectivity index (χ3n) is 3.37. The average Bonchev–Trinajstić information content (AvgIpc) is 3.10. The first kappa shape index (κ1) is 16.7. The van der Waals surface area contributed by atoms with Gasteiger partial charge in [-0.15, -0.1) is 0 Å². The van der Waals surface area contributed by atoms with Crippen molar-refractivity contribution in [2.45, 2.75) is 5.16 Å². The molecular formula is C18H13FN4OS. The molecule has 25 heavy (non-hydrogen) atoms. The van der Waals surface area contributed by atoms with E-state index in [1.807, 2.05) is 6.07 Å². The number of hydrogen-bond acceptors (Lipinski definition) is 4. The van der Waals surface area contributed by atoms with Gasteiger partial charge in [-0.2, -0.15) is 5.26 Å². The Labute approximate surface area is 147 Å². The van der Waals surface area contributed by atoms with Crippen molar-refractivity contribution in [3.05, 3.63) is 66.1 Å². The largest absolute Gasteiger partial charge is 0.333 e. The molecule has 0 saturated heterocycles. The molecule has 2 N–H and O–H groups in total. The maximum Gasteiger partial charge on any atom is 0.234 e. The van der Waals surface area contributed by atoms with Gasteiger partial charge in [0.25, 0.3) is 0 Å². The molecular weight excluding hydrogens is 339 g/mol. The maximum absolute atomic E-state index is 13.0. The van der Waals surface area contributed by atoms with Gasteiger partial charge in [0.2, 0.25) is 5.91 Å². The summed E-state index contributed by atoms with van der Waals surface area (Å²) in [7, 11) is 0. The second-order valence-corrected chi connectivity index (χ2v) is 6.07. The minimum absolute atomic E-state index is 0.149. The van der Waals surface area contributed by atoms with Gasteiger partial charge in [0, 0.05) is 0 Å². The number of H-pyrrole nitrogens is 1. The molecule has 0 bridgehead atoms. The van der Waals surface area contributed by atoms with Crippen LogP contribution in [0.15, 0.2) is 59.9 Å². The van der Waals surface area contributed by atoms with E-state index >= 15 is 0 Å². The lowest BCUT2D eigenvalue weighted by Gasteiger charge is -2.05. The third-order valence-corrected chi connectivity index (χ3v) is 4.26. The fraction of sp³-hybridized carbons (Fsp3) is 0.0556. The number of amides is 1. The van der Waals surface area contributed by atoms with E-state index in [1.54, 1.807) is 42.6 Å². The van der Waals surface area contributed by atoms with Crippen LogP contribution in [-0.2, 0) is 4.79 Å². The molecule has 0 atom stereocenters. The zero-order chi connectivity index (χ0) is 17.6. The topological polar surface area (TPSA) is 81.6 Å². The molecule has 1 aromatic heterocycles. The first-order valence-electron chi connectivity index (χ1n) is 7.38. The zero-order valence-corrected chi connectivity index (χ0v) is 13.8. The van der Waals surface area contributed by atoms with Crippen LogP contribution in [0.4, 0.5) is 10.1 Å². The predicted molar refractivity (Wildman–Crippen MR) is 94.5 cm³/mol. The second-order valence-electron chi connectivity index (χ2n) is 5.10. The SMILES string of the molecule is N#Cc1ccccc1NC(=O)CSc1ncc(-c2ccc(F)cc2)[nH]1. The monoisotopic (exact) mass is 352 g/mol. The van der Waals surface area contributed by atoms with Crippen LogP contribution in [0.25, 0.3) is 11.3 Å². The van der Waals surface area contributed by atoms with Gasteiger partial charge in [-0.3, -0.25) is 4.79 Å². The van der Waals surface area contributed by atoms with E-state index in [0.717, 1.165) is 11.3 Å². The van der Waals surface area contributed by atoms with Crippen LogP contribution < -0.4 is 5.32 Å². The molecule has 0 aliphatic heterocycles. The highest BCUT2D eigenvalue weighted by Gasteiger charge is 2.09. The molecule has 0 fully saturated rings. The number of carbonyl (C=O) groups is 1. The Kier molecular flexibility index (Phi) is 5.11. The number of para-hydroxylation sites is 1. The Morgan fingerprint density at radius 3 is 2.76 bits per heavy atom. The molecule has 124 valence electrons. The van der Waals surface area contributed by atoms with Gasteiger partial charge in [-0.1, -0.05) is 23.9 Å². The maximum atomic E-state index is 13.0. The number of aromatic amines is 1. The van der Waals surface area contributed by atoms with Gasteiger partial charge in [-0.05, 0) is 42.0 Å². The molecule has 3 aromatic rings. The van der Waals surface area contributed by atoms with Crippen molar-refractivity contribution in [3.63, 3.8) is 0 Å². The summed E-state index contributed by atoms with van der Waals surface area (Å²) in [5, 5.41) is 12.3. The molecule has 0 radical (unpaired) electrons. The molecule has 0 aliphatic rings. The van der Waals surface area contributed by atoms with Crippen molar-refractivity contribution in [3.8, 4) is 17.3 Å². The highest BCUT2D eigenvalue weighted by molar-refractivity contribution is 7.99. The Bertz CT molecular complexity index is 931. The van der Waals surface area contributed by atoms with Gasteiger partial charge in [-0.25, -0.2) is 9.37 Å². The van der Waals surface area contributed by atoms with Crippen molar-refractivity contribution in [1.29, 1.82) is 5.26 Å². The number of nitrogens with one attached hydrogen (secondary N) is 2. The highest BCUT2D eigenvalue weighted by atomic mass is 32.2. The number of aromatic nitrogens is 2. The fourth-order valence-corrected chi connectivity index (χ4v) is 2.81. The number of hydrogen-bond donors (Lipinski definition) is 2. The van der Waals surface area contributed by atoms with E-state index in [4.69, 9.17) is 5.26 Å². The quantitative estimate of drug-likeness (QED) is 0.684. The summed E-state index contributed by atoms with van der Waals surface area (Å²) >= 11 is 1.24. The van der Waals surface area contributed by atoms with E-state index in [1.165, 1.54) is 23.9 Å². The van der Waals surface area contributed by atoms with Crippen LogP contribution in [0.3, 0.4) is 0 Å². The van der Waals surface area contributed by atoms with Crippen molar-refractivity contribution >= 4 is 23.4 Å². The zero-order valence-electron chi connectivity index (χ0n) is 13.0. The number of halogens is 1. The van der Waals surface area contributed by atoms with Gasteiger partial charge in [0.05, 0.1) is 28.9 Å². The summed E-state index contributed by atoms with van der Waals surface area (Å²) in [6, 6.07) is 14.9. The van der Waals surface area contributed by atoms with E-state index in [2.05, 4.69) is 15.3 Å². The number of nitriles is 1. The molecule has 0 unspecified atom stereocenters. The third kappa shape index (κ3) is 4.25. The Balaban J connectivity index is 1.59. The molecule has 0 aliphatic carbocycles. The van der Waals surface area contributed by atoms with Gasteiger partial charge < -0.3 is 10.3 Å². The van der Waals surface area contributed by atoms with Crippen LogP contribution >= 0.6 is 11.8 Å². The molecule has 1 amide bonds. The molecule has 3 rings (SSSR count). The van der Waals surface area contributed by atoms with Crippen LogP contribution in [0.2, 0.25) is 0 Å². The minimum Gasteiger partial charge on any atom is -0.333 e. The summed E-state index contributed by atoms with van der Waals surface area (Å²) in [6.07, 6.45) is 1.64. The first-order valence-corrected chi connectivity index (χ1v) is 8.37. The first-order chi connectivity index (χ1) is 12.2. The summed E-state index contributed by atoms with van der Waals surface area (Å²) in [6.45, 7) is 0. The van der Waals surface area contributed by atoms with Crippen molar-refractivity contribution in [1.82, 2.24) is 9.97 Å². The van der Waals surface area contributed by atoms with Crippen LogP contribution in [-0.4, -0.2) is 21.6 Å². The lowest BCUT2D eigenvalue weighted by molar-refractivity contribution is -0.113. The average molecular weight is 352 g/mol. The van der Waals surface area contributed by atoms with Gasteiger partial charge >= 0.3 is 0 Å². The van der Waals surface area contributed by atoms with Crippen LogP contribution in [0, 0.1) is 17.1 Å². The molecule has 0 spiro atoms. The lowest BCUT2D eigenvalue weighted by Crippen LogP contribution is -2.14. The summed E-state index contributed by atoms with van der Waals surface area (Å²) in [5.41, 5.74) is 2.46. The van der Waals surface area contributed by atoms with E-state index in [9.17, 15) is 9.18 Å². The Morgan fingerprint density at radius 1 is 1.24 bits per heavy atom. The summed E-state index contributed by atoms with van der Waals surface area (Å²) in [4.78, 5) is 19.3. The van der Waals surface area contributed by atoms with Crippen LogP contribution in [0.1, 0.15) is 5.56 Å². The number of imidazole rings is 1. The molecule has 0 saturated carbocycles. The van der Waals surface area contributed by atoms with E-state index in [-0.39, 0.29) is 17.5 Å². The number of nitrogens with zero attached hydrogens (tertiary/aromatic N) is 2. The van der Waals surface area contributed by atoms with Gasteiger partial charge in [0.15, 0.2) is 5.16 Å². The predicted octanol–water partition coefficient (Wildman–Crippen LogP) is 3.82. The van der Waals surface area contributed by atoms with Crippen molar-refractivity contribution in [2.24, 2.45) is 0 Å². The fourth-order valence-electron chi connectivity index (χ4n) is 2.16. The number of rotatable bonds is 5. The van der Waals surface area contributed by atoms with Crippen molar-refractivity contribution in [2.75, 3.05) is 11.1 Å². The number of anilines is 1. The van der Waals surface area contributed by atoms with E-state index in [0.29, 0.717) is 16.4 Å². The summed E-state index contributed by atoms with van der Waals surface area (Å²) in [5.74, 6) is -0.379. The van der Waals surface area contributed by atoms with Gasteiger partial charge in [0.1, 0.15) is 11.9 Å². The second kappa shape index (κ2) is 7.64. The Morgan fingerprint density at radius 2 is 2.00 bits per heavy atom. The number of benzene rings is 2. The molecule has 7 heteroatoms. The number of thioether (sulfide) groups is 1. The Hall–Kier alpha value is -3.11. The normalized spacial score (nSPS) is 10.2. The van der Waals surface area contributed by atoms with Crippen molar-refractivity contribution < 1.29 is 9.18 Å². The molecule has 1 heterocycles. The molecule has 2 aromatic carbocycles. The highest BCUT2D eigenvalue weighted by Crippen LogP contribution is 2.22. The summed E-state index contributed by atoms with van der Waals surface area (Å²) < 4.78 is 13.0. The molecule has 5 nitrogen and oxygen atoms in total. The van der Waals surface area contributed by atoms with Crippen LogP contribution in [0.5, 0.6) is 0 Å². The number of carbonyl (C=O) groups excluding carboxylic acids is 1. The smallest absolute Gasteiger partial charge is 0.234 e. The minimum atomic E-state index is -0.299. The standard InChI is InChI=1S/C18H13FN4OS/c19-14-7-5-12(6-8-14)16-10-21-18(23-16)25-11-17(24)22-15-4-2-1-3-13(15)9-20/h1-8,10H,11H2,(H,21,23)(H,22,24). The van der Waals surface area contributed by atoms with E-state index < -0.39 is 0 Å². The lowest BCUT2D eigenvalue weighted by atomic mass is 10.2.